The maximum atomic E-state index is 5.94. The summed E-state index contributed by atoms with van der Waals surface area (Å²) in [5.41, 5.74) is 7.51. The highest BCUT2D eigenvalue weighted by Gasteiger charge is 2.75. The molecule has 4 aliphatic carbocycles. The molecular weight excluding hydrogens is 328 g/mol. The molecule has 2 heteroatoms. The summed E-state index contributed by atoms with van der Waals surface area (Å²) in [5.74, 6) is 8.27. The Kier molecular flexibility index (Phi) is 5.06. The minimum absolute atomic E-state index is 0.652. The number of hydrogen-bond donors (Lipinski definition) is 2. The van der Waals surface area contributed by atoms with Crippen LogP contribution in [-0.4, -0.2) is 19.6 Å². The zero-order chi connectivity index (χ0) is 18.4. The predicted molar refractivity (Wildman–Crippen MR) is 113 cm³/mol. The minimum atomic E-state index is 0.652. The van der Waals surface area contributed by atoms with Gasteiger partial charge in [0.05, 0.1) is 0 Å². The van der Waals surface area contributed by atoms with Gasteiger partial charge in [0, 0.05) is 5.92 Å². The Hall–Kier alpha value is -0.860. The molecule has 0 aromatic heterocycles. The second-order valence-electron chi connectivity index (χ2n) is 10.0. The van der Waals surface area contributed by atoms with Crippen molar-refractivity contribution in [2.45, 2.75) is 45.4 Å². The van der Waals surface area contributed by atoms with Crippen molar-refractivity contribution in [3.63, 3.8) is 0 Å². The van der Waals surface area contributed by atoms with Gasteiger partial charge in [-0.05, 0) is 105 Å². The summed E-state index contributed by atoms with van der Waals surface area (Å²) in [4.78, 5) is 0. The smallest absolute Gasteiger partial charge is 0.00150 e. The Morgan fingerprint density at radius 2 is 1.96 bits per heavy atom. The van der Waals surface area contributed by atoms with Crippen molar-refractivity contribution in [3.8, 4) is 0 Å². The van der Waals surface area contributed by atoms with E-state index in [0.29, 0.717) is 17.8 Å². The number of nitrogens with one attached hydrogen (secondary N) is 1. The molecule has 0 spiro atoms. The number of piperidine rings is 1. The van der Waals surface area contributed by atoms with Crippen molar-refractivity contribution in [2.24, 2.45) is 59.0 Å². The second-order valence-corrected chi connectivity index (χ2v) is 10.0. The van der Waals surface area contributed by atoms with Gasteiger partial charge in [0.1, 0.15) is 0 Å². The number of rotatable bonds is 6. The molecule has 0 aromatic rings. The van der Waals surface area contributed by atoms with Crippen molar-refractivity contribution in [2.75, 3.05) is 19.6 Å². The lowest BCUT2D eigenvalue weighted by molar-refractivity contribution is 0.240. The third kappa shape index (κ3) is 3.38. The van der Waals surface area contributed by atoms with Crippen molar-refractivity contribution < 1.29 is 0 Å². The fourth-order valence-corrected chi connectivity index (χ4v) is 6.91. The van der Waals surface area contributed by atoms with Crippen LogP contribution >= 0.6 is 0 Å². The third-order valence-corrected chi connectivity index (χ3v) is 8.74. The molecule has 27 heavy (non-hydrogen) atoms. The van der Waals surface area contributed by atoms with Crippen LogP contribution in [0, 0.1) is 53.3 Å². The van der Waals surface area contributed by atoms with Crippen LogP contribution < -0.4 is 11.1 Å². The Morgan fingerprint density at radius 3 is 2.56 bits per heavy atom. The molecule has 1 aliphatic heterocycles. The third-order valence-electron chi connectivity index (χ3n) is 8.74. The summed E-state index contributed by atoms with van der Waals surface area (Å²) in [6.07, 6.45) is 20.6. The van der Waals surface area contributed by atoms with Crippen LogP contribution in [0.5, 0.6) is 0 Å². The van der Waals surface area contributed by atoms with E-state index >= 15 is 0 Å². The van der Waals surface area contributed by atoms with E-state index in [4.69, 9.17) is 5.73 Å². The van der Waals surface area contributed by atoms with Gasteiger partial charge < -0.3 is 11.1 Å². The quantitative estimate of drug-likeness (QED) is 0.677. The fraction of sp³-hybridized carbons (Fsp3) is 0.760. The standard InChI is InChI=1S/C25H38N2/c1-2-16(14-26)17-5-7-18(8-6-17)19-9-11-20(12-10-19)22-24-23(25(22)24)21-4-3-13-27-15-21/h5,7-9,11,16-17,19-25,27H,2-4,6,10,12-15,26H2,1H3/t16?,17?,19?,20?,21-,22?,23?,24-,25?/m1/s1. The van der Waals surface area contributed by atoms with Gasteiger partial charge in [0.2, 0.25) is 0 Å². The van der Waals surface area contributed by atoms with E-state index in [2.05, 4.69) is 42.6 Å². The van der Waals surface area contributed by atoms with Crippen molar-refractivity contribution in [3.05, 3.63) is 36.0 Å². The van der Waals surface area contributed by atoms with Gasteiger partial charge in [0.25, 0.3) is 0 Å². The van der Waals surface area contributed by atoms with Gasteiger partial charge in [-0.2, -0.15) is 0 Å². The highest BCUT2D eigenvalue weighted by atomic mass is 14.9. The average molecular weight is 367 g/mol. The summed E-state index contributed by atoms with van der Waals surface area (Å²) in [6.45, 7) is 5.65. The van der Waals surface area contributed by atoms with Gasteiger partial charge in [-0.15, -0.1) is 0 Å². The first kappa shape index (κ1) is 18.2. The van der Waals surface area contributed by atoms with Crippen LogP contribution in [-0.2, 0) is 0 Å². The molecule has 5 aliphatic rings. The fourth-order valence-electron chi connectivity index (χ4n) is 6.91. The highest BCUT2D eigenvalue weighted by Crippen LogP contribution is 2.78. The lowest BCUT2D eigenvalue weighted by atomic mass is 9.75. The van der Waals surface area contributed by atoms with E-state index < -0.39 is 0 Å². The topological polar surface area (TPSA) is 38.0 Å². The molecular formula is C25H38N2. The molecule has 0 bridgehead atoms. The van der Waals surface area contributed by atoms with E-state index in [1.807, 2.05) is 0 Å². The summed E-state index contributed by atoms with van der Waals surface area (Å²) >= 11 is 0. The molecule has 1 saturated heterocycles. The van der Waals surface area contributed by atoms with Crippen molar-refractivity contribution >= 4 is 0 Å². The lowest BCUT2D eigenvalue weighted by Gasteiger charge is -2.31. The number of nitrogens with two attached hydrogens (primary N) is 1. The van der Waals surface area contributed by atoms with Crippen LogP contribution in [0.1, 0.15) is 45.4 Å². The van der Waals surface area contributed by atoms with Gasteiger partial charge >= 0.3 is 0 Å². The van der Waals surface area contributed by atoms with Gasteiger partial charge in [-0.1, -0.05) is 43.7 Å². The number of hydrogen-bond acceptors (Lipinski definition) is 2. The summed E-state index contributed by atoms with van der Waals surface area (Å²) in [5, 5.41) is 3.62. The molecule has 0 amide bonds. The molecule has 3 N–H and O–H groups in total. The van der Waals surface area contributed by atoms with Crippen molar-refractivity contribution in [1.82, 2.24) is 5.32 Å². The van der Waals surface area contributed by atoms with Gasteiger partial charge in [0.15, 0.2) is 0 Å². The predicted octanol–water partition coefficient (Wildman–Crippen LogP) is 4.55. The molecule has 1 heterocycles. The zero-order valence-corrected chi connectivity index (χ0v) is 17.0. The minimum Gasteiger partial charge on any atom is -0.330 e. The SMILES string of the molecule is CCC(CN)C1C=CC(C2C=CC(C3C4C([C@@H]5CCCNC5)[C@@H]34)CC2)=CC1. The molecule has 9 atom stereocenters. The Bertz CT molecular complexity index is 612. The molecule has 2 nitrogen and oxygen atoms in total. The van der Waals surface area contributed by atoms with Crippen LogP contribution in [0.2, 0.25) is 0 Å². The molecule has 0 aromatic carbocycles. The van der Waals surface area contributed by atoms with Crippen molar-refractivity contribution in [1.29, 1.82) is 0 Å². The molecule has 5 rings (SSSR count). The van der Waals surface area contributed by atoms with E-state index in [0.717, 1.165) is 42.1 Å². The maximum absolute atomic E-state index is 5.94. The van der Waals surface area contributed by atoms with E-state index in [1.54, 1.807) is 5.57 Å². The Balaban J connectivity index is 1.11. The van der Waals surface area contributed by atoms with Gasteiger partial charge in [-0.3, -0.25) is 0 Å². The van der Waals surface area contributed by atoms with Crippen LogP contribution in [0.4, 0.5) is 0 Å². The molecule has 3 fully saturated rings. The monoisotopic (exact) mass is 366 g/mol. The zero-order valence-electron chi connectivity index (χ0n) is 17.0. The maximum Gasteiger partial charge on any atom is 0.00150 e. The van der Waals surface area contributed by atoms with E-state index in [9.17, 15) is 0 Å². The largest absolute Gasteiger partial charge is 0.330 e. The van der Waals surface area contributed by atoms with E-state index in [1.165, 1.54) is 51.6 Å². The summed E-state index contributed by atoms with van der Waals surface area (Å²) in [6, 6.07) is 0. The number of allylic oxidation sites excluding steroid dienone is 6. The first-order chi connectivity index (χ1) is 13.3. The van der Waals surface area contributed by atoms with Crippen LogP contribution in [0.15, 0.2) is 36.0 Å². The van der Waals surface area contributed by atoms with Crippen LogP contribution in [0.3, 0.4) is 0 Å². The lowest BCUT2D eigenvalue weighted by Crippen LogP contribution is -2.33. The Labute approximate surface area is 165 Å². The Morgan fingerprint density at radius 1 is 1.07 bits per heavy atom. The first-order valence-electron chi connectivity index (χ1n) is 11.8. The normalized spacial score (nSPS) is 46.5. The molecule has 7 unspecified atom stereocenters. The highest BCUT2D eigenvalue weighted by molar-refractivity contribution is 5.32. The van der Waals surface area contributed by atoms with Gasteiger partial charge in [-0.25, -0.2) is 0 Å². The molecule has 0 radical (unpaired) electrons. The summed E-state index contributed by atoms with van der Waals surface area (Å²) in [7, 11) is 0. The second kappa shape index (κ2) is 7.52. The summed E-state index contributed by atoms with van der Waals surface area (Å²) < 4.78 is 0. The van der Waals surface area contributed by atoms with Crippen LogP contribution in [0.25, 0.3) is 0 Å². The molecule has 148 valence electrons. The number of fused-ring (bicyclic) bond motifs is 1. The molecule has 2 saturated carbocycles. The average Bonchev–Trinajstić information content (AvgIpc) is 3.63. The first-order valence-corrected chi connectivity index (χ1v) is 11.8. The van der Waals surface area contributed by atoms with E-state index in [-0.39, 0.29) is 0 Å².